The molecule has 0 aromatic heterocycles. The van der Waals surface area contributed by atoms with Crippen LogP contribution < -0.4 is 10.0 Å². The lowest BCUT2D eigenvalue weighted by Crippen LogP contribution is -2.29. The Kier molecular flexibility index (Phi) is 5.01. The SMILES string of the molecule is CNS(=O)(=O)c1ccc(NC2CCC(OC)CC2)cc1. The van der Waals surface area contributed by atoms with E-state index in [1.165, 1.54) is 7.05 Å². The fourth-order valence-electron chi connectivity index (χ4n) is 2.53. The lowest BCUT2D eigenvalue weighted by molar-refractivity contribution is 0.0682. The van der Waals surface area contributed by atoms with Gasteiger partial charge in [0.1, 0.15) is 0 Å². The third-order valence-corrected chi connectivity index (χ3v) is 5.24. The minimum atomic E-state index is -3.35. The van der Waals surface area contributed by atoms with Gasteiger partial charge in [-0.1, -0.05) is 0 Å². The topological polar surface area (TPSA) is 67.4 Å². The van der Waals surface area contributed by atoms with E-state index in [4.69, 9.17) is 4.74 Å². The van der Waals surface area contributed by atoms with Gasteiger partial charge in [0.25, 0.3) is 0 Å². The molecule has 20 heavy (non-hydrogen) atoms. The predicted octanol–water partition coefficient (Wildman–Crippen LogP) is 1.96. The maximum absolute atomic E-state index is 11.6. The lowest BCUT2D eigenvalue weighted by atomic mass is 9.93. The van der Waals surface area contributed by atoms with E-state index >= 15 is 0 Å². The summed E-state index contributed by atoms with van der Waals surface area (Å²) in [5.41, 5.74) is 0.959. The fraction of sp³-hybridized carbons (Fsp3) is 0.571. The summed E-state index contributed by atoms with van der Waals surface area (Å²) in [6, 6.07) is 7.30. The van der Waals surface area contributed by atoms with Crippen LogP contribution in [0.1, 0.15) is 25.7 Å². The van der Waals surface area contributed by atoms with Crippen LogP contribution in [0.4, 0.5) is 5.69 Å². The van der Waals surface area contributed by atoms with Gasteiger partial charge in [-0.2, -0.15) is 0 Å². The minimum absolute atomic E-state index is 0.286. The molecule has 1 saturated carbocycles. The summed E-state index contributed by atoms with van der Waals surface area (Å²) in [7, 11) is -0.177. The molecule has 6 heteroatoms. The highest BCUT2D eigenvalue weighted by atomic mass is 32.2. The Hall–Kier alpha value is -1.11. The molecule has 2 rings (SSSR count). The summed E-state index contributed by atoms with van der Waals surface area (Å²) in [4.78, 5) is 0.286. The molecular weight excluding hydrogens is 276 g/mol. The summed E-state index contributed by atoms with van der Waals surface area (Å²) < 4.78 is 30.9. The summed E-state index contributed by atoms with van der Waals surface area (Å²) >= 11 is 0. The standard InChI is InChI=1S/C14H22N2O3S/c1-15-20(17,18)14-9-5-12(6-10-14)16-11-3-7-13(19-2)8-4-11/h5-6,9-11,13,15-16H,3-4,7-8H2,1-2H3. The van der Waals surface area contributed by atoms with Crippen LogP contribution in [0, 0.1) is 0 Å². The maximum atomic E-state index is 11.6. The summed E-state index contributed by atoms with van der Waals surface area (Å²) in [6.07, 6.45) is 4.68. The Morgan fingerprint density at radius 2 is 1.70 bits per heavy atom. The zero-order chi connectivity index (χ0) is 14.6. The molecule has 0 aliphatic heterocycles. The van der Waals surface area contributed by atoms with Crippen LogP contribution in [0.3, 0.4) is 0 Å². The third kappa shape index (κ3) is 3.71. The van der Waals surface area contributed by atoms with Crippen LogP contribution in [-0.2, 0) is 14.8 Å². The van der Waals surface area contributed by atoms with Crippen LogP contribution in [0.25, 0.3) is 0 Å². The Morgan fingerprint density at radius 3 is 2.20 bits per heavy atom. The second kappa shape index (κ2) is 6.56. The number of rotatable bonds is 5. The lowest BCUT2D eigenvalue weighted by Gasteiger charge is -2.28. The molecule has 5 nitrogen and oxygen atoms in total. The van der Waals surface area contributed by atoms with Gasteiger partial charge in [-0.3, -0.25) is 0 Å². The van der Waals surface area contributed by atoms with Gasteiger partial charge < -0.3 is 10.1 Å². The molecule has 0 atom stereocenters. The van der Waals surface area contributed by atoms with E-state index in [9.17, 15) is 8.42 Å². The molecule has 0 unspecified atom stereocenters. The van der Waals surface area contributed by atoms with E-state index in [0.29, 0.717) is 12.1 Å². The summed E-state index contributed by atoms with van der Waals surface area (Å²) in [6.45, 7) is 0. The van der Waals surface area contributed by atoms with Crippen molar-refractivity contribution in [2.24, 2.45) is 0 Å². The molecule has 1 aromatic rings. The number of anilines is 1. The quantitative estimate of drug-likeness (QED) is 0.872. The van der Waals surface area contributed by atoms with Gasteiger partial charge in [0, 0.05) is 18.8 Å². The highest BCUT2D eigenvalue weighted by Crippen LogP contribution is 2.24. The monoisotopic (exact) mass is 298 g/mol. The van der Waals surface area contributed by atoms with E-state index in [1.807, 2.05) is 12.1 Å². The number of hydrogen-bond acceptors (Lipinski definition) is 4. The van der Waals surface area contributed by atoms with Crippen molar-refractivity contribution in [3.63, 3.8) is 0 Å². The van der Waals surface area contributed by atoms with Crippen molar-refractivity contribution in [3.05, 3.63) is 24.3 Å². The minimum Gasteiger partial charge on any atom is -0.382 e. The Bertz CT molecular complexity index is 520. The van der Waals surface area contributed by atoms with Crippen LogP contribution in [0.2, 0.25) is 0 Å². The van der Waals surface area contributed by atoms with E-state index in [0.717, 1.165) is 31.4 Å². The van der Waals surface area contributed by atoms with Gasteiger partial charge in [0.15, 0.2) is 0 Å². The highest BCUT2D eigenvalue weighted by molar-refractivity contribution is 7.89. The smallest absolute Gasteiger partial charge is 0.240 e. The van der Waals surface area contributed by atoms with Gasteiger partial charge in [-0.25, -0.2) is 13.1 Å². The first-order chi connectivity index (χ1) is 9.55. The van der Waals surface area contributed by atoms with Gasteiger partial charge in [0.05, 0.1) is 11.0 Å². The Labute approximate surface area is 120 Å². The molecule has 0 saturated heterocycles. The number of nitrogens with one attached hydrogen (secondary N) is 2. The second-order valence-electron chi connectivity index (χ2n) is 5.09. The first-order valence-electron chi connectivity index (χ1n) is 6.88. The molecule has 1 aromatic carbocycles. The normalized spacial score (nSPS) is 23.5. The van der Waals surface area contributed by atoms with Crippen LogP contribution >= 0.6 is 0 Å². The van der Waals surface area contributed by atoms with E-state index in [2.05, 4.69) is 10.0 Å². The predicted molar refractivity (Wildman–Crippen MR) is 79.4 cm³/mol. The van der Waals surface area contributed by atoms with Crippen molar-refractivity contribution < 1.29 is 13.2 Å². The molecule has 2 N–H and O–H groups in total. The summed E-state index contributed by atoms with van der Waals surface area (Å²) in [5.74, 6) is 0. The Morgan fingerprint density at radius 1 is 1.10 bits per heavy atom. The molecular formula is C14H22N2O3S. The van der Waals surface area contributed by atoms with Crippen LogP contribution in [0.5, 0.6) is 0 Å². The van der Waals surface area contributed by atoms with Gasteiger partial charge >= 0.3 is 0 Å². The number of benzene rings is 1. The van der Waals surface area contributed by atoms with Gasteiger partial charge in [0.2, 0.25) is 10.0 Å². The molecule has 0 radical (unpaired) electrons. The molecule has 112 valence electrons. The number of methoxy groups -OCH3 is 1. The van der Waals surface area contributed by atoms with Gasteiger partial charge in [-0.15, -0.1) is 0 Å². The van der Waals surface area contributed by atoms with Crippen molar-refractivity contribution in [2.75, 3.05) is 19.5 Å². The molecule has 1 aliphatic carbocycles. The summed E-state index contributed by atoms with van der Waals surface area (Å²) in [5, 5.41) is 3.45. The molecule has 0 bridgehead atoms. The van der Waals surface area contributed by atoms with Crippen molar-refractivity contribution in [2.45, 2.75) is 42.7 Å². The third-order valence-electron chi connectivity index (χ3n) is 3.81. The average molecular weight is 298 g/mol. The molecule has 0 amide bonds. The van der Waals surface area contributed by atoms with Crippen molar-refractivity contribution in [1.82, 2.24) is 4.72 Å². The van der Waals surface area contributed by atoms with E-state index in [1.54, 1.807) is 19.2 Å². The second-order valence-corrected chi connectivity index (χ2v) is 6.97. The zero-order valence-corrected chi connectivity index (χ0v) is 12.7. The van der Waals surface area contributed by atoms with Crippen molar-refractivity contribution in [1.29, 1.82) is 0 Å². The molecule has 0 spiro atoms. The zero-order valence-electron chi connectivity index (χ0n) is 11.9. The van der Waals surface area contributed by atoms with Crippen LogP contribution in [-0.4, -0.2) is 34.7 Å². The highest BCUT2D eigenvalue weighted by Gasteiger charge is 2.20. The number of hydrogen-bond donors (Lipinski definition) is 2. The largest absolute Gasteiger partial charge is 0.382 e. The molecule has 0 heterocycles. The average Bonchev–Trinajstić information content (AvgIpc) is 2.48. The Balaban J connectivity index is 1.95. The van der Waals surface area contributed by atoms with Crippen molar-refractivity contribution >= 4 is 15.7 Å². The molecule has 1 aliphatic rings. The van der Waals surface area contributed by atoms with Crippen molar-refractivity contribution in [3.8, 4) is 0 Å². The first-order valence-corrected chi connectivity index (χ1v) is 8.36. The maximum Gasteiger partial charge on any atom is 0.240 e. The number of sulfonamides is 1. The van der Waals surface area contributed by atoms with E-state index < -0.39 is 10.0 Å². The van der Waals surface area contributed by atoms with E-state index in [-0.39, 0.29) is 4.90 Å². The first kappa shape index (κ1) is 15.3. The fourth-order valence-corrected chi connectivity index (χ4v) is 3.26. The van der Waals surface area contributed by atoms with Gasteiger partial charge in [-0.05, 0) is 57.0 Å². The number of ether oxygens (including phenoxy) is 1. The van der Waals surface area contributed by atoms with Crippen LogP contribution in [0.15, 0.2) is 29.2 Å². The molecule has 1 fully saturated rings.